The lowest BCUT2D eigenvalue weighted by molar-refractivity contribution is -0.137. The molecule has 0 spiro atoms. The summed E-state index contributed by atoms with van der Waals surface area (Å²) in [6.45, 7) is 1.74. The normalized spacial score (nSPS) is 11.5. The molecule has 3 N–H and O–H groups in total. The molecular formula is C28H22F3N7O2. The average molecular weight is 546 g/mol. The van der Waals surface area contributed by atoms with E-state index in [1.807, 2.05) is 0 Å². The highest BCUT2D eigenvalue weighted by Gasteiger charge is 2.36. The van der Waals surface area contributed by atoms with E-state index in [4.69, 9.17) is 5.73 Å². The van der Waals surface area contributed by atoms with Crippen LogP contribution in [0.3, 0.4) is 0 Å². The minimum absolute atomic E-state index is 0.00961. The molecule has 3 aromatic heterocycles. The lowest BCUT2D eigenvalue weighted by Gasteiger charge is -2.20. The molecule has 0 aliphatic carbocycles. The van der Waals surface area contributed by atoms with Crippen LogP contribution in [0.15, 0.2) is 71.9 Å². The van der Waals surface area contributed by atoms with Crippen LogP contribution in [-0.4, -0.2) is 30.4 Å². The van der Waals surface area contributed by atoms with Crippen molar-refractivity contribution < 1.29 is 18.0 Å². The minimum atomic E-state index is -4.75. The molecule has 0 fully saturated rings. The van der Waals surface area contributed by atoms with Gasteiger partial charge in [-0.05, 0) is 41.8 Å². The number of fused-ring (bicyclic) bond motifs is 1. The van der Waals surface area contributed by atoms with Gasteiger partial charge in [-0.15, -0.1) is 0 Å². The quantitative estimate of drug-likeness (QED) is 0.311. The molecule has 12 heteroatoms. The zero-order valence-corrected chi connectivity index (χ0v) is 21.3. The predicted molar refractivity (Wildman–Crippen MR) is 144 cm³/mol. The fraction of sp³-hybridized carbons (Fsp3) is 0.143. The lowest BCUT2D eigenvalue weighted by Crippen LogP contribution is -2.22. The predicted octanol–water partition coefficient (Wildman–Crippen LogP) is 4.88. The van der Waals surface area contributed by atoms with E-state index in [2.05, 4.69) is 25.3 Å². The number of nitrogens with zero attached hydrogens (tertiary/aromatic N) is 5. The van der Waals surface area contributed by atoms with E-state index >= 15 is 0 Å². The van der Waals surface area contributed by atoms with E-state index < -0.39 is 23.2 Å². The van der Waals surface area contributed by atoms with E-state index in [9.17, 15) is 22.8 Å². The van der Waals surface area contributed by atoms with Crippen LogP contribution in [0.25, 0.3) is 33.5 Å². The number of benzene rings is 2. The van der Waals surface area contributed by atoms with Gasteiger partial charge in [-0.1, -0.05) is 31.2 Å². The summed E-state index contributed by atoms with van der Waals surface area (Å²) in [4.78, 5) is 42.9. The first-order valence-electron chi connectivity index (χ1n) is 12.1. The number of hydrogen-bond acceptors (Lipinski definition) is 7. The van der Waals surface area contributed by atoms with Crippen molar-refractivity contribution in [1.29, 1.82) is 0 Å². The van der Waals surface area contributed by atoms with E-state index in [1.165, 1.54) is 36.0 Å². The monoisotopic (exact) mass is 545 g/mol. The number of alkyl halides is 3. The Morgan fingerprint density at radius 1 is 1.02 bits per heavy atom. The van der Waals surface area contributed by atoms with Crippen molar-refractivity contribution >= 4 is 28.7 Å². The van der Waals surface area contributed by atoms with Crippen molar-refractivity contribution in [2.75, 3.05) is 5.32 Å². The third kappa shape index (κ3) is 4.75. The molecule has 3 heterocycles. The van der Waals surface area contributed by atoms with Crippen LogP contribution in [0, 0.1) is 0 Å². The van der Waals surface area contributed by atoms with Gasteiger partial charge in [-0.3, -0.25) is 19.1 Å². The van der Waals surface area contributed by atoms with Gasteiger partial charge >= 0.3 is 6.18 Å². The molecule has 0 unspecified atom stereocenters. The molecule has 2 aromatic carbocycles. The Balaban J connectivity index is 1.70. The Labute approximate surface area is 225 Å². The van der Waals surface area contributed by atoms with Crippen LogP contribution >= 0.6 is 0 Å². The first-order chi connectivity index (χ1) is 19.1. The van der Waals surface area contributed by atoms with Crippen molar-refractivity contribution in [3.63, 3.8) is 0 Å². The number of amides is 1. The van der Waals surface area contributed by atoms with E-state index in [0.717, 1.165) is 12.1 Å². The number of primary amides is 1. The number of aromatic nitrogens is 5. The Kier molecular flexibility index (Phi) is 6.76. The Bertz CT molecular complexity index is 1820. The van der Waals surface area contributed by atoms with Gasteiger partial charge in [0.25, 0.3) is 5.56 Å². The fourth-order valence-electron chi connectivity index (χ4n) is 4.62. The van der Waals surface area contributed by atoms with Crippen molar-refractivity contribution in [3.05, 3.63) is 94.2 Å². The molecule has 5 aromatic rings. The van der Waals surface area contributed by atoms with Gasteiger partial charge < -0.3 is 11.1 Å². The molecule has 202 valence electrons. The van der Waals surface area contributed by atoms with Crippen molar-refractivity contribution in [2.24, 2.45) is 12.8 Å². The van der Waals surface area contributed by atoms with E-state index in [0.29, 0.717) is 22.3 Å². The number of carbonyl (C=O) groups is 1. The molecule has 0 saturated carbocycles. The standard InChI is InChI=1S/C28H22F3N7O2/c1-3-16-17(22-19(24(32)39)10-5-11-20(22)28(29,30)31)8-4-9-18(16)23-26(40)38(2)25-21(36-23)14-34-27(37-25)35-15-7-6-12-33-13-15/h4-14H,3H2,1-2H3,(H2,32,39)(H,34,35,37). The smallest absolute Gasteiger partial charge is 0.366 e. The number of halogens is 3. The largest absolute Gasteiger partial charge is 0.417 e. The summed E-state index contributed by atoms with van der Waals surface area (Å²) in [5.41, 5.74) is 5.43. The maximum Gasteiger partial charge on any atom is 0.417 e. The van der Waals surface area contributed by atoms with Crippen LogP contribution in [0.1, 0.15) is 28.4 Å². The van der Waals surface area contributed by atoms with Crippen LogP contribution in [0.2, 0.25) is 0 Å². The Morgan fingerprint density at radius 2 is 1.77 bits per heavy atom. The first-order valence-corrected chi connectivity index (χ1v) is 12.1. The van der Waals surface area contributed by atoms with Crippen molar-refractivity contribution in [1.82, 2.24) is 24.5 Å². The average Bonchev–Trinajstić information content (AvgIpc) is 2.94. The number of nitrogens with two attached hydrogens (primary N) is 1. The number of nitrogens with one attached hydrogen (secondary N) is 1. The summed E-state index contributed by atoms with van der Waals surface area (Å²) in [5, 5.41) is 3.01. The molecular weight excluding hydrogens is 523 g/mol. The van der Waals surface area contributed by atoms with Gasteiger partial charge in [0, 0.05) is 29.9 Å². The molecule has 0 saturated heterocycles. The molecule has 40 heavy (non-hydrogen) atoms. The second-order valence-corrected chi connectivity index (χ2v) is 8.87. The summed E-state index contributed by atoms with van der Waals surface area (Å²) in [5.74, 6) is -0.773. The van der Waals surface area contributed by atoms with Crippen LogP contribution in [0.4, 0.5) is 24.8 Å². The van der Waals surface area contributed by atoms with Gasteiger partial charge in [-0.25, -0.2) is 9.97 Å². The molecule has 0 bridgehead atoms. The van der Waals surface area contributed by atoms with Crippen molar-refractivity contribution in [3.8, 4) is 22.4 Å². The Hall–Kier alpha value is -5.13. The summed E-state index contributed by atoms with van der Waals surface area (Å²) in [6, 6.07) is 11.4. The molecule has 1 amide bonds. The molecule has 0 aliphatic rings. The van der Waals surface area contributed by atoms with Crippen LogP contribution < -0.4 is 16.6 Å². The highest BCUT2D eigenvalue weighted by atomic mass is 19.4. The number of aryl methyl sites for hydroxylation is 1. The molecule has 0 radical (unpaired) electrons. The second kappa shape index (κ2) is 10.2. The third-order valence-corrected chi connectivity index (χ3v) is 6.41. The maximum absolute atomic E-state index is 14.1. The van der Waals surface area contributed by atoms with Gasteiger partial charge in [0.1, 0.15) is 11.2 Å². The SMILES string of the molecule is CCc1c(-c2c(C(N)=O)cccc2C(F)(F)F)cccc1-c1nc2cnc(Nc3cccnc3)nc2n(C)c1=O. The zero-order valence-electron chi connectivity index (χ0n) is 21.3. The highest BCUT2D eigenvalue weighted by Crippen LogP contribution is 2.42. The number of hydrogen-bond donors (Lipinski definition) is 2. The molecule has 9 nitrogen and oxygen atoms in total. The topological polar surface area (TPSA) is 129 Å². The van der Waals surface area contributed by atoms with E-state index in [-0.39, 0.29) is 40.4 Å². The molecule has 0 atom stereocenters. The van der Waals surface area contributed by atoms with Gasteiger partial charge in [0.15, 0.2) is 5.65 Å². The summed E-state index contributed by atoms with van der Waals surface area (Å²) in [7, 11) is 1.52. The third-order valence-electron chi connectivity index (χ3n) is 6.41. The Morgan fingerprint density at radius 3 is 2.45 bits per heavy atom. The summed E-state index contributed by atoms with van der Waals surface area (Å²) >= 11 is 0. The molecule has 0 aliphatic heterocycles. The first kappa shape index (κ1) is 26.5. The maximum atomic E-state index is 14.1. The summed E-state index contributed by atoms with van der Waals surface area (Å²) in [6.07, 6.45) is 0.149. The minimum Gasteiger partial charge on any atom is -0.366 e. The highest BCUT2D eigenvalue weighted by molar-refractivity contribution is 6.01. The fourth-order valence-corrected chi connectivity index (χ4v) is 4.62. The van der Waals surface area contributed by atoms with Crippen molar-refractivity contribution in [2.45, 2.75) is 19.5 Å². The van der Waals surface area contributed by atoms with Crippen LogP contribution in [0.5, 0.6) is 0 Å². The summed E-state index contributed by atoms with van der Waals surface area (Å²) < 4.78 is 43.5. The van der Waals surface area contributed by atoms with E-state index in [1.54, 1.807) is 37.5 Å². The molecule has 5 rings (SSSR count). The zero-order chi connectivity index (χ0) is 28.6. The van der Waals surface area contributed by atoms with Gasteiger partial charge in [0.05, 0.1) is 23.6 Å². The number of pyridine rings is 1. The van der Waals surface area contributed by atoms with Crippen LogP contribution in [-0.2, 0) is 19.6 Å². The number of carbonyl (C=O) groups excluding carboxylic acids is 1. The van der Waals surface area contributed by atoms with Gasteiger partial charge in [0.2, 0.25) is 11.9 Å². The number of anilines is 2. The number of rotatable bonds is 6. The lowest BCUT2D eigenvalue weighted by atomic mass is 9.87. The van der Waals surface area contributed by atoms with Gasteiger partial charge in [-0.2, -0.15) is 18.2 Å². The second-order valence-electron chi connectivity index (χ2n) is 8.87.